The zero-order chi connectivity index (χ0) is 32.1. The number of ether oxygens (including phenoxy) is 2. The van der Waals surface area contributed by atoms with Crippen LogP contribution in [0.1, 0.15) is 29.7 Å². The molecule has 0 aliphatic carbocycles. The minimum absolute atomic E-state index is 0.0424. The highest BCUT2D eigenvalue weighted by atomic mass is 19.4. The van der Waals surface area contributed by atoms with Crippen LogP contribution in [0.2, 0.25) is 0 Å². The lowest BCUT2D eigenvalue weighted by atomic mass is 10.2. The van der Waals surface area contributed by atoms with E-state index in [2.05, 4.69) is 20.2 Å². The predicted molar refractivity (Wildman–Crippen MR) is 150 cm³/mol. The molecule has 1 aliphatic rings. The Morgan fingerprint density at radius 1 is 0.978 bits per heavy atom. The highest BCUT2D eigenvalue weighted by molar-refractivity contribution is 5.80. The van der Waals surface area contributed by atoms with Crippen LogP contribution in [-0.4, -0.2) is 86.8 Å². The van der Waals surface area contributed by atoms with Crippen LogP contribution >= 0.6 is 0 Å². The third-order valence-corrected chi connectivity index (χ3v) is 7.27. The Hall–Kier alpha value is -4.67. The molecule has 0 saturated carbocycles. The molecule has 4 aromatic rings. The molecule has 0 bridgehead atoms. The molecule has 5 rings (SSSR count). The molecule has 1 fully saturated rings. The van der Waals surface area contributed by atoms with Gasteiger partial charge in [-0.3, -0.25) is 14.3 Å². The van der Waals surface area contributed by atoms with Crippen LogP contribution < -0.4 is 15.2 Å². The lowest BCUT2D eigenvalue weighted by Crippen LogP contribution is -2.49. The van der Waals surface area contributed by atoms with Crippen LogP contribution in [0.5, 0.6) is 5.75 Å². The number of methoxy groups -OCH3 is 1. The van der Waals surface area contributed by atoms with Crippen LogP contribution in [0, 0.1) is 0 Å². The second-order valence-corrected chi connectivity index (χ2v) is 10.1. The Bertz CT molecular complexity index is 1670. The maximum absolute atomic E-state index is 13.8. The molecule has 4 heterocycles. The topological polar surface area (TPSA) is 120 Å². The highest BCUT2D eigenvalue weighted by Crippen LogP contribution is 2.28. The van der Waals surface area contributed by atoms with Gasteiger partial charge in [0.25, 0.3) is 12.0 Å². The molecule has 0 N–H and O–H groups in total. The molecule has 0 unspecified atom stereocenters. The Morgan fingerprint density at radius 2 is 1.67 bits per heavy atom. The molecule has 3 aromatic heterocycles. The van der Waals surface area contributed by atoms with Crippen LogP contribution in [0.3, 0.4) is 0 Å². The Labute approximate surface area is 253 Å². The Kier molecular flexibility index (Phi) is 9.55. The number of alkyl halides is 5. The summed E-state index contributed by atoms with van der Waals surface area (Å²) in [6.45, 7) is 1.60. The molecule has 1 aromatic carbocycles. The van der Waals surface area contributed by atoms with E-state index in [0.717, 1.165) is 22.6 Å². The second kappa shape index (κ2) is 13.5. The molecule has 0 atom stereocenters. The highest BCUT2D eigenvalue weighted by Gasteiger charge is 2.32. The van der Waals surface area contributed by atoms with Crippen molar-refractivity contribution in [1.82, 2.24) is 34.4 Å². The maximum atomic E-state index is 13.8. The van der Waals surface area contributed by atoms with Crippen LogP contribution in [0.15, 0.2) is 47.7 Å². The van der Waals surface area contributed by atoms with Crippen LogP contribution in [0.25, 0.3) is 10.9 Å². The molecule has 1 amide bonds. The summed E-state index contributed by atoms with van der Waals surface area (Å²) in [5, 5.41) is 7.88. The number of aromatic nitrogens is 6. The molecule has 0 spiro atoms. The van der Waals surface area contributed by atoms with Gasteiger partial charge in [-0.2, -0.15) is 23.4 Å². The van der Waals surface area contributed by atoms with Crippen molar-refractivity contribution in [3.8, 4) is 5.75 Å². The second-order valence-electron chi connectivity index (χ2n) is 10.1. The number of carbonyl (C=O) groups is 1. The molecule has 45 heavy (non-hydrogen) atoms. The molecular weight excluding hydrogens is 607 g/mol. The smallest absolute Gasteiger partial charge is 0.419 e. The van der Waals surface area contributed by atoms with Gasteiger partial charge in [0.2, 0.25) is 11.9 Å². The van der Waals surface area contributed by atoms with Gasteiger partial charge in [-0.1, -0.05) is 12.1 Å². The van der Waals surface area contributed by atoms with E-state index in [-0.39, 0.29) is 55.5 Å². The molecule has 1 aliphatic heterocycles. The summed E-state index contributed by atoms with van der Waals surface area (Å²) in [4.78, 5) is 36.6. The fraction of sp³-hybridized carbons (Fsp3) is 0.429. The first-order valence-electron chi connectivity index (χ1n) is 13.9. The van der Waals surface area contributed by atoms with Crippen molar-refractivity contribution in [2.24, 2.45) is 0 Å². The number of amides is 1. The summed E-state index contributed by atoms with van der Waals surface area (Å²) >= 11 is 0. The van der Waals surface area contributed by atoms with Crippen molar-refractivity contribution >= 4 is 22.8 Å². The summed E-state index contributed by atoms with van der Waals surface area (Å²) in [5.74, 6) is 0.621. The molecule has 12 nitrogen and oxygen atoms in total. The van der Waals surface area contributed by atoms with Crippen molar-refractivity contribution in [2.75, 3.05) is 51.4 Å². The number of fused-ring (bicyclic) bond motifs is 1. The number of anilines is 1. The van der Waals surface area contributed by atoms with Crippen molar-refractivity contribution in [3.63, 3.8) is 0 Å². The molecule has 0 radical (unpaired) electrons. The molecule has 240 valence electrons. The van der Waals surface area contributed by atoms with E-state index in [9.17, 15) is 31.5 Å². The number of hydrogen-bond acceptors (Lipinski definition) is 9. The number of rotatable bonds is 11. The van der Waals surface area contributed by atoms with Gasteiger partial charge in [0.15, 0.2) is 0 Å². The fourth-order valence-electron chi connectivity index (χ4n) is 4.85. The van der Waals surface area contributed by atoms with Crippen molar-refractivity contribution in [2.45, 2.75) is 32.1 Å². The third-order valence-electron chi connectivity index (χ3n) is 7.27. The lowest BCUT2D eigenvalue weighted by Gasteiger charge is -2.34. The van der Waals surface area contributed by atoms with Gasteiger partial charge in [0.05, 0.1) is 62.5 Å². The average Bonchev–Trinajstić information content (AvgIpc) is 3.42. The van der Waals surface area contributed by atoms with Gasteiger partial charge in [0.1, 0.15) is 11.4 Å². The fourth-order valence-corrected chi connectivity index (χ4v) is 4.85. The number of piperazine rings is 1. The summed E-state index contributed by atoms with van der Waals surface area (Å²) in [6, 6.07) is 6.93. The van der Waals surface area contributed by atoms with E-state index in [0.29, 0.717) is 31.9 Å². The largest absolute Gasteiger partial charge is 0.497 e. The normalized spacial score (nSPS) is 14.0. The summed E-state index contributed by atoms with van der Waals surface area (Å²) in [7, 11) is 1.53. The Morgan fingerprint density at radius 3 is 2.29 bits per heavy atom. The predicted octanol–water partition coefficient (Wildman–Crippen LogP) is 3.15. The van der Waals surface area contributed by atoms with Crippen molar-refractivity contribution in [1.29, 1.82) is 0 Å². The van der Waals surface area contributed by atoms with Gasteiger partial charge >= 0.3 is 6.18 Å². The third kappa shape index (κ3) is 7.35. The minimum Gasteiger partial charge on any atom is -0.497 e. The quantitative estimate of drug-likeness (QED) is 0.181. The maximum Gasteiger partial charge on any atom is 0.419 e. The molecular formula is C28H29F5N8O4. The summed E-state index contributed by atoms with van der Waals surface area (Å²) < 4.78 is 78.9. The van der Waals surface area contributed by atoms with Crippen molar-refractivity contribution < 1.29 is 36.2 Å². The summed E-state index contributed by atoms with van der Waals surface area (Å²) in [5.41, 5.74) is -1.39. The standard InChI is InChI=1S/C28H29F5N8O4/c1-44-20-4-2-18(3-5-20)17-41-26(43)23-21(16-36-41)40(37-24(23)25(29)30)11-13-45-12-6-22(42)38-7-9-39(10-8-38)27-34-14-19(15-35-27)28(31,32)33/h2-5,14-16,25H,6-13,17H2,1H3. The molecule has 1 saturated heterocycles. The summed E-state index contributed by atoms with van der Waals surface area (Å²) in [6.07, 6.45) is -4.66. The van der Waals surface area contributed by atoms with Gasteiger partial charge < -0.3 is 19.3 Å². The van der Waals surface area contributed by atoms with Gasteiger partial charge in [-0.25, -0.2) is 23.4 Å². The number of benzene rings is 1. The van der Waals surface area contributed by atoms with Gasteiger partial charge in [-0.05, 0) is 17.7 Å². The van der Waals surface area contributed by atoms with Gasteiger partial charge in [-0.15, -0.1) is 0 Å². The first-order chi connectivity index (χ1) is 21.5. The van der Waals surface area contributed by atoms with Gasteiger partial charge in [0, 0.05) is 38.6 Å². The first-order valence-corrected chi connectivity index (χ1v) is 13.9. The van der Waals surface area contributed by atoms with E-state index in [1.165, 1.54) is 18.0 Å². The average molecular weight is 637 g/mol. The van der Waals surface area contributed by atoms with E-state index in [1.54, 1.807) is 34.1 Å². The zero-order valence-corrected chi connectivity index (χ0v) is 24.1. The number of carbonyl (C=O) groups excluding carboxylic acids is 1. The van der Waals surface area contributed by atoms with Crippen molar-refractivity contribution in [3.05, 3.63) is 70.0 Å². The minimum atomic E-state index is -4.52. The van der Waals surface area contributed by atoms with E-state index < -0.39 is 29.4 Å². The number of nitrogens with zero attached hydrogens (tertiary/aromatic N) is 8. The lowest BCUT2D eigenvalue weighted by molar-refractivity contribution is -0.138. The SMILES string of the molecule is COc1ccc(Cn2ncc3c(c(C(F)F)nn3CCOCCC(=O)N3CCN(c4ncc(C(F)(F)F)cn4)CC3)c2=O)cc1. The first kappa shape index (κ1) is 31.7. The van der Waals surface area contributed by atoms with E-state index in [4.69, 9.17) is 9.47 Å². The number of halogens is 5. The van der Waals surface area contributed by atoms with Crippen LogP contribution in [-0.2, 0) is 28.8 Å². The molecule has 17 heteroatoms. The van der Waals surface area contributed by atoms with Crippen LogP contribution in [0.4, 0.5) is 27.9 Å². The number of hydrogen-bond donors (Lipinski definition) is 0. The van der Waals surface area contributed by atoms with E-state index in [1.807, 2.05) is 0 Å². The monoisotopic (exact) mass is 636 g/mol. The Balaban J connectivity index is 1.11. The zero-order valence-electron chi connectivity index (χ0n) is 24.1. The van der Waals surface area contributed by atoms with E-state index >= 15 is 0 Å².